The van der Waals surface area contributed by atoms with Gasteiger partial charge in [-0.15, -0.1) is 0 Å². The predicted molar refractivity (Wildman–Crippen MR) is 190 cm³/mol. The van der Waals surface area contributed by atoms with Crippen molar-refractivity contribution < 1.29 is 19.1 Å². The van der Waals surface area contributed by atoms with Crippen LogP contribution in [0, 0.1) is 56.7 Å². The maximum Gasteiger partial charge on any atom is 0.317 e. The lowest BCUT2D eigenvalue weighted by atomic mass is 9.41. The highest BCUT2D eigenvalue weighted by Crippen LogP contribution is 2.72. The van der Waals surface area contributed by atoms with Crippen molar-refractivity contribution >= 4 is 11.9 Å². The van der Waals surface area contributed by atoms with E-state index in [4.69, 9.17) is 9.47 Å². The smallest absolute Gasteiger partial charge is 0.317 e. The zero-order valence-corrected chi connectivity index (χ0v) is 31.1. The van der Waals surface area contributed by atoms with E-state index in [2.05, 4.69) is 61.6 Å². The lowest BCUT2D eigenvalue weighted by Crippen LogP contribution is -2.58. The quantitative estimate of drug-likeness (QED) is 0.150. The van der Waals surface area contributed by atoms with Gasteiger partial charge in [-0.25, -0.2) is 0 Å². The summed E-state index contributed by atoms with van der Waals surface area (Å²) in [6, 6.07) is 0. The van der Waals surface area contributed by atoms with E-state index in [1.807, 2.05) is 6.08 Å². The van der Waals surface area contributed by atoms with Crippen LogP contribution >= 0.6 is 0 Å². The number of carbonyl (C=O) groups excluding carboxylic acids is 2. The fourth-order valence-electron chi connectivity index (χ4n) is 13.8. The molecule has 9 atom stereocenters. The van der Waals surface area contributed by atoms with Crippen molar-refractivity contribution in [2.24, 2.45) is 56.7 Å². The Morgan fingerprint density at radius 3 is 2.17 bits per heavy atom. The summed E-state index contributed by atoms with van der Waals surface area (Å²) in [7, 11) is 0. The van der Waals surface area contributed by atoms with Gasteiger partial charge in [0, 0.05) is 5.41 Å². The maximum absolute atomic E-state index is 13.3. The van der Waals surface area contributed by atoms with Gasteiger partial charge in [0.15, 0.2) is 0 Å². The van der Waals surface area contributed by atoms with Crippen LogP contribution in [0.2, 0.25) is 0 Å². The van der Waals surface area contributed by atoms with Crippen molar-refractivity contribution in [3.63, 3.8) is 0 Å². The Balaban J connectivity index is 1.02. The van der Waals surface area contributed by atoms with Gasteiger partial charge in [0.05, 0.1) is 0 Å². The molecule has 4 nitrogen and oxygen atoms in total. The van der Waals surface area contributed by atoms with Crippen LogP contribution in [0.4, 0.5) is 0 Å². The van der Waals surface area contributed by atoms with E-state index >= 15 is 0 Å². The Bertz CT molecular complexity index is 1300. The minimum Gasteiger partial charge on any atom is -0.461 e. The molecule has 0 aliphatic heterocycles. The molecule has 0 heterocycles. The van der Waals surface area contributed by atoms with Crippen molar-refractivity contribution in [3.8, 4) is 0 Å². The van der Waals surface area contributed by atoms with Gasteiger partial charge in [-0.2, -0.15) is 0 Å². The molecular weight excluding hydrogens is 580 g/mol. The summed E-state index contributed by atoms with van der Waals surface area (Å²) in [5.74, 6) is 2.06. The average molecular weight is 647 g/mol. The molecule has 262 valence electrons. The summed E-state index contributed by atoms with van der Waals surface area (Å²) >= 11 is 0. The summed E-state index contributed by atoms with van der Waals surface area (Å²) < 4.78 is 11.9. The topological polar surface area (TPSA) is 52.6 Å². The molecule has 0 aromatic heterocycles. The van der Waals surface area contributed by atoms with Crippen LogP contribution < -0.4 is 0 Å². The van der Waals surface area contributed by atoms with Crippen molar-refractivity contribution in [2.75, 3.05) is 6.61 Å². The second-order valence-corrected chi connectivity index (χ2v) is 19.2. The van der Waals surface area contributed by atoms with E-state index in [1.54, 1.807) is 0 Å². The molecule has 0 aromatic rings. The van der Waals surface area contributed by atoms with Gasteiger partial charge in [0.25, 0.3) is 0 Å². The van der Waals surface area contributed by atoms with Crippen LogP contribution in [0.25, 0.3) is 0 Å². The normalized spacial score (nSPS) is 42.1. The molecule has 2 bridgehead atoms. The number of ether oxygens (including phenoxy) is 2. The number of hydrogen-bond acceptors (Lipinski definition) is 4. The van der Waals surface area contributed by atoms with Crippen molar-refractivity contribution in [1.82, 2.24) is 0 Å². The molecule has 0 aromatic carbocycles. The third-order valence-electron chi connectivity index (χ3n) is 15.8. The first-order valence-corrected chi connectivity index (χ1v) is 19.4. The number of rotatable bonds is 8. The summed E-state index contributed by atoms with van der Waals surface area (Å²) in [5.41, 5.74) is 5.13. The molecule has 4 heteroatoms. The molecule has 6 aliphatic rings. The second kappa shape index (κ2) is 12.5. The summed E-state index contributed by atoms with van der Waals surface area (Å²) in [5, 5.41) is 0. The average Bonchev–Trinajstić information content (AvgIpc) is 3.15. The molecule has 1 spiro atoms. The standard InChI is InChI=1S/C43H66O4/c1-28(12-15-32-29(2)13-16-33-39(4,5)20-10-22-41(32,33)8)19-25-46-36(44)26-37(45)47-38-30(3)31-14-17-35-42(9)23-11-21-40(6,7)34(42)18-24-43(35,38)27-31/h19,31-35,38H,2-3,10-18,20-27H2,1,4-9H3. The molecule has 6 rings (SSSR count). The Kier molecular flexibility index (Phi) is 9.30. The van der Waals surface area contributed by atoms with E-state index < -0.39 is 11.9 Å². The molecule has 6 aliphatic carbocycles. The Morgan fingerprint density at radius 2 is 1.47 bits per heavy atom. The van der Waals surface area contributed by atoms with Crippen LogP contribution in [-0.2, 0) is 19.1 Å². The number of allylic oxidation sites excluding steroid dienone is 2. The summed E-state index contributed by atoms with van der Waals surface area (Å²) in [4.78, 5) is 26.1. The Hall–Kier alpha value is -1.84. The minimum atomic E-state index is -0.496. The van der Waals surface area contributed by atoms with Crippen molar-refractivity contribution in [1.29, 1.82) is 0 Å². The highest BCUT2D eigenvalue weighted by molar-refractivity contribution is 5.91. The number of esters is 2. The molecule has 6 saturated carbocycles. The van der Waals surface area contributed by atoms with Crippen LogP contribution in [-0.4, -0.2) is 24.6 Å². The second-order valence-electron chi connectivity index (χ2n) is 19.2. The molecule has 47 heavy (non-hydrogen) atoms. The predicted octanol–water partition coefficient (Wildman–Crippen LogP) is 11.0. The van der Waals surface area contributed by atoms with Gasteiger partial charge in [-0.1, -0.05) is 78.7 Å². The first kappa shape index (κ1) is 35.0. The van der Waals surface area contributed by atoms with Crippen LogP contribution in [0.5, 0.6) is 0 Å². The molecule has 0 amide bonds. The van der Waals surface area contributed by atoms with E-state index in [0.717, 1.165) is 50.0 Å². The van der Waals surface area contributed by atoms with E-state index in [-0.39, 0.29) is 30.0 Å². The third-order valence-corrected chi connectivity index (χ3v) is 15.8. The van der Waals surface area contributed by atoms with Crippen molar-refractivity contribution in [3.05, 3.63) is 36.0 Å². The lowest BCUT2D eigenvalue weighted by Gasteiger charge is -2.64. The minimum absolute atomic E-state index is 0.0216. The van der Waals surface area contributed by atoms with Gasteiger partial charge in [0.1, 0.15) is 19.1 Å². The van der Waals surface area contributed by atoms with Crippen LogP contribution in [0.3, 0.4) is 0 Å². The van der Waals surface area contributed by atoms with E-state index in [0.29, 0.717) is 39.9 Å². The zero-order valence-electron chi connectivity index (χ0n) is 31.1. The van der Waals surface area contributed by atoms with E-state index in [9.17, 15) is 9.59 Å². The number of hydrogen-bond donors (Lipinski definition) is 0. The Morgan fingerprint density at radius 1 is 0.809 bits per heavy atom. The molecule has 0 N–H and O–H groups in total. The van der Waals surface area contributed by atoms with Crippen LogP contribution in [0.1, 0.15) is 151 Å². The first-order chi connectivity index (χ1) is 22.0. The largest absolute Gasteiger partial charge is 0.461 e. The monoisotopic (exact) mass is 646 g/mol. The van der Waals surface area contributed by atoms with Crippen molar-refractivity contribution in [2.45, 2.75) is 157 Å². The van der Waals surface area contributed by atoms with Gasteiger partial charge >= 0.3 is 11.9 Å². The highest BCUT2D eigenvalue weighted by atomic mass is 16.6. The maximum atomic E-state index is 13.3. The molecule has 6 fully saturated rings. The van der Waals surface area contributed by atoms with Gasteiger partial charge in [-0.3, -0.25) is 9.59 Å². The molecule has 9 unspecified atom stereocenters. The fourth-order valence-corrected chi connectivity index (χ4v) is 13.8. The highest BCUT2D eigenvalue weighted by Gasteiger charge is 2.67. The third kappa shape index (κ3) is 6.02. The SMILES string of the molecule is C=C1CCC2C(C)(C)CCCC2(C)C1CCC(C)=CCOC(=O)CC(=O)OC1C(=C)C2CCC3C4(C)CCCC(C)(C)C4CCC13C2. The molecule has 0 saturated heterocycles. The molecule has 0 radical (unpaired) electrons. The fraction of sp³-hybridized carbons (Fsp3) is 0.814. The summed E-state index contributed by atoms with van der Waals surface area (Å²) in [6.07, 6.45) is 19.5. The number of carbonyl (C=O) groups is 2. The van der Waals surface area contributed by atoms with Gasteiger partial charge < -0.3 is 9.47 Å². The van der Waals surface area contributed by atoms with Gasteiger partial charge in [0.2, 0.25) is 0 Å². The van der Waals surface area contributed by atoms with Crippen LogP contribution in [0.15, 0.2) is 36.0 Å². The first-order valence-electron chi connectivity index (χ1n) is 19.4. The molecular formula is C43H66O4. The Labute approximate surface area is 287 Å². The number of fused-ring (bicyclic) bond motifs is 4. The van der Waals surface area contributed by atoms with E-state index in [1.165, 1.54) is 68.9 Å². The summed E-state index contributed by atoms with van der Waals surface area (Å²) in [6.45, 7) is 26.4. The van der Waals surface area contributed by atoms with Gasteiger partial charge in [-0.05, 0) is 153 Å². The zero-order chi connectivity index (χ0) is 34.0. The lowest BCUT2D eigenvalue weighted by molar-refractivity contribution is -0.186.